The number of nitrogens with zero attached hydrogens (tertiary/aromatic N) is 3. The number of halogens is 1. The van der Waals surface area contributed by atoms with Gasteiger partial charge in [-0.15, -0.1) is 11.3 Å². The average Bonchev–Trinajstić information content (AvgIpc) is 3.70. The Morgan fingerprint density at radius 1 is 1.10 bits per heavy atom. The van der Waals surface area contributed by atoms with Gasteiger partial charge in [0.1, 0.15) is 22.6 Å². The van der Waals surface area contributed by atoms with Crippen LogP contribution in [0.2, 0.25) is 0 Å². The molecule has 0 radical (unpaired) electrons. The van der Waals surface area contributed by atoms with E-state index in [0.717, 1.165) is 49.9 Å². The number of anilines is 1. The number of amides is 3. The zero-order valence-corrected chi connectivity index (χ0v) is 38.3. The highest BCUT2D eigenvalue weighted by molar-refractivity contribution is 7.09. The molecule has 1 aromatic heterocycles. The number of carbonyl (C=O) groups excluding carboxylic acids is 4. The topological polar surface area (TPSA) is 204 Å². The summed E-state index contributed by atoms with van der Waals surface area (Å²) in [6, 6.07) is 1.89. The first-order valence-corrected chi connectivity index (χ1v) is 22.9. The SMILES string of the molecule is CCCCCCN(C(=O)[C@@H](NC(=O)[C@H]1CCCCN1CCO)[C@@H](C)CC)[C@H](C[C@@H](OC(C)=O)c1nc(C(=O)N[C@@H](Cc2ccc(N)c(F)c2)CC(C)(C)C(=O)O)cs1)C(C)C. The molecule has 0 aliphatic carbocycles. The molecule has 2 heterocycles. The van der Waals surface area contributed by atoms with Crippen LogP contribution >= 0.6 is 11.3 Å². The molecule has 0 bridgehead atoms. The third-order valence-corrected chi connectivity index (χ3v) is 12.7. The number of ether oxygens (including phenoxy) is 1. The number of hydrogen-bond acceptors (Lipinski definition) is 11. The molecule has 16 heteroatoms. The number of carbonyl (C=O) groups is 5. The van der Waals surface area contributed by atoms with E-state index in [4.69, 9.17) is 10.5 Å². The number of aliphatic hydroxyl groups excluding tert-OH is 1. The minimum Gasteiger partial charge on any atom is -0.481 e. The molecule has 2 aromatic rings. The number of aliphatic carboxylic acids is 1. The van der Waals surface area contributed by atoms with Crippen molar-refractivity contribution in [3.05, 3.63) is 45.7 Å². The molecule has 0 saturated carbocycles. The van der Waals surface area contributed by atoms with Crippen molar-refractivity contribution in [2.24, 2.45) is 17.3 Å². The number of thiazole rings is 1. The molecule has 1 saturated heterocycles. The molecule has 6 atom stereocenters. The van der Waals surface area contributed by atoms with Crippen molar-refractivity contribution in [3.8, 4) is 0 Å². The number of β-amino-alcohol motifs (C(OH)–C–C–N with tert-alkyl or cyclic N) is 1. The van der Waals surface area contributed by atoms with Crippen molar-refractivity contribution in [3.63, 3.8) is 0 Å². The molecule has 0 spiro atoms. The first-order valence-electron chi connectivity index (χ1n) is 22.0. The second-order valence-corrected chi connectivity index (χ2v) is 18.5. The molecular formula is C45H71FN6O8S. The van der Waals surface area contributed by atoms with E-state index >= 15 is 0 Å². The van der Waals surface area contributed by atoms with Crippen LogP contribution in [0.1, 0.15) is 147 Å². The smallest absolute Gasteiger partial charge is 0.309 e. The first-order chi connectivity index (χ1) is 28.8. The van der Waals surface area contributed by atoms with E-state index in [-0.39, 0.29) is 60.9 Å². The zero-order chi connectivity index (χ0) is 45.4. The van der Waals surface area contributed by atoms with Crippen LogP contribution in [-0.2, 0) is 30.3 Å². The summed E-state index contributed by atoms with van der Waals surface area (Å²) in [5.41, 5.74) is 4.97. The second-order valence-electron chi connectivity index (χ2n) is 17.6. The maximum Gasteiger partial charge on any atom is 0.309 e. The number of hydrogen-bond donors (Lipinski definition) is 5. The number of carboxylic acid groups (broad SMARTS) is 1. The minimum atomic E-state index is -1.23. The fourth-order valence-corrected chi connectivity index (χ4v) is 8.82. The van der Waals surface area contributed by atoms with E-state index in [1.807, 2.05) is 37.5 Å². The maximum absolute atomic E-state index is 14.9. The van der Waals surface area contributed by atoms with E-state index < -0.39 is 59.3 Å². The number of esters is 1. The molecule has 14 nitrogen and oxygen atoms in total. The Morgan fingerprint density at radius 3 is 2.43 bits per heavy atom. The first kappa shape index (κ1) is 51.2. The Balaban J connectivity index is 1.96. The van der Waals surface area contributed by atoms with Crippen molar-refractivity contribution in [2.45, 2.75) is 156 Å². The Morgan fingerprint density at radius 2 is 1.82 bits per heavy atom. The lowest BCUT2D eigenvalue weighted by Gasteiger charge is -2.40. The molecular weight excluding hydrogens is 804 g/mol. The fourth-order valence-electron chi connectivity index (χ4n) is 7.98. The maximum atomic E-state index is 14.9. The zero-order valence-electron chi connectivity index (χ0n) is 37.5. The summed E-state index contributed by atoms with van der Waals surface area (Å²) < 4.78 is 20.3. The molecule has 1 fully saturated rings. The minimum absolute atomic E-state index is 0.0284. The summed E-state index contributed by atoms with van der Waals surface area (Å²) in [4.78, 5) is 75.8. The van der Waals surface area contributed by atoms with Crippen molar-refractivity contribution < 1.29 is 43.3 Å². The second kappa shape index (κ2) is 24.5. The Bertz CT molecular complexity index is 1750. The van der Waals surface area contributed by atoms with Crippen LogP contribution in [0.4, 0.5) is 10.1 Å². The van der Waals surface area contributed by atoms with Gasteiger partial charge in [0.15, 0.2) is 6.10 Å². The van der Waals surface area contributed by atoms with Gasteiger partial charge < -0.3 is 36.2 Å². The van der Waals surface area contributed by atoms with E-state index in [1.54, 1.807) is 25.3 Å². The van der Waals surface area contributed by atoms with Gasteiger partial charge >= 0.3 is 11.9 Å². The lowest BCUT2D eigenvalue weighted by atomic mass is 9.84. The number of benzene rings is 1. The summed E-state index contributed by atoms with van der Waals surface area (Å²) in [5, 5.41) is 27.5. The van der Waals surface area contributed by atoms with E-state index in [2.05, 4.69) is 22.5 Å². The molecule has 3 rings (SSSR count). The van der Waals surface area contributed by atoms with Gasteiger partial charge in [-0.05, 0) is 82.0 Å². The standard InChI is InChI=1S/C45H71FN6O8S/c1-9-11-12-14-20-52(43(57)39(29(5)10-2)50-41(56)36-16-13-15-19-51(36)21-22-53)37(28(3)4)25-38(60-30(6)54)42-49-35(27-61-42)40(55)48-32(26-45(7,8)44(58)59)23-31-17-18-34(47)33(46)24-31/h17-18,24,27-29,32,36-39,53H,9-16,19-23,25-26,47H2,1-8H3,(H,48,55)(H,50,56)(H,58,59)/t29-,32-,36+,37+,38+,39-/m0/s1. The van der Waals surface area contributed by atoms with E-state index in [1.165, 1.54) is 19.1 Å². The summed E-state index contributed by atoms with van der Waals surface area (Å²) in [6.45, 7) is 15.9. The van der Waals surface area contributed by atoms with Crippen LogP contribution in [0.5, 0.6) is 0 Å². The van der Waals surface area contributed by atoms with Gasteiger partial charge in [-0.2, -0.15) is 0 Å². The van der Waals surface area contributed by atoms with Gasteiger partial charge in [0, 0.05) is 43.9 Å². The van der Waals surface area contributed by atoms with Crippen LogP contribution in [0.3, 0.4) is 0 Å². The number of rotatable bonds is 25. The van der Waals surface area contributed by atoms with Crippen molar-refractivity contribution in [1.29, 1.82) is 0 Å². The largest absolute Gasteiger partial charge is 0.481 e. The normalized spacial score (nSPS) is 17.2. The lowest BCUT2D eigenvalue weighted by Crippen LogP contribution is -2.59. The van der Waals surface area contributed by atoms with Gasteiger partial charge in [0.25, 0.3) is 5.91 Å². The van der Waals surface area contributed by atoms with Crippen LogP contribution in [0.25, 0.3) is 0 Å². The summed E-state index contributed by atoms with van der Waals surface area (Å²) in [5.74, 6) is -3.55. The lowest BCUT2D eigenvalue weighted by molar-refractivity contribution is -0.150. The Kier molecular flexibility index (Phi) is 20.5. The fraction of sp³-hybridized carbons (Fsp3) is 0.689. The number of piperidine rings is 1. The average molecular weight is 875 g/mol. The van der Waals surface area contributed by atoms with Gasteiger partial charge in [-0.1, -0.05) is 72.8 Å². The molecule has 6 N–H and O–H groups in total. The van der Waals surface area contributed by atoms with Crippen LogP contribution in [0.15, 0.2) is 23.6 Å². The van der Waals surface area contributed by atoms with Crippen molar-refractivity contribution >= 4 is 46.7 Å². The number of nitrogens with two attached hydrogens (primary N) is 1. The molecule has 342 valence electrons. The molecule has 0 unspecified atom stereocenters. The monoisotopic (exact) mass is 875 g/mol. The van der Waals surface area contributed by atoms with Crippen LogP contribution in [-0.4, -0.2) is 105 Å². The highest BCUT2D eigenvalue weighted by Crippen LogP contribution is 2.33. The number of nitrogens with one attached hydrogen (secondary N) is 2. The van der Waals surface area contributed by atoms with E-state index in [0.29, 0.717) is 43.0 Å². The quantitative estimate of drug-likeness (QED) is 0.0413. The van der Waals surface area contributed by atoms with Crippen molar-refractivity contribution in [1.82, 2.24) is 25.4 Å². The predicted molar refractivity (Wildman–Crippen MR) is 235 cm³/mol. The molecule has 1 aromatic carbocycles. The highest BCUT2D eigenvalue weighted by atomic mass is 32.1. The number of aliphatic hydroxyl groups is 1. The van der Waals surface area contributed by atoms with Crippen LogP contribution < -0.4 is 16.4 Å². The Labute approximate surface area is 365 Å². The molecule has 1 aliphatic rings. The molecule has 61 heavy (non-hydrogen) atoms. The summed E-state index contributed by atoms with van der Waals surface area (Å²) in [6.07, 6.45) is 6.16. The van der Waals surface area contributed by atoms with Gasteiger partial charge in [-0.25, -0.2) is 9.37 Å². The third-order valence-electron chi connectivity index (χ3n) is 11.8. The molecule has 3 amide bonds. The van der Waals surface area contributed by atoms with Crippen LogP contribution in [0, 0.1) is 23.1 Å². The summed E-state index contributed by atoms with van der Waals surface area (Å²) >= 11 is 1.13. The van der Waals surface area contributed by atoms with Gasteiger partial charge in [0.05, 0.1) is 23.8 Å². The molecule has 1 aliphatic heterocycles. The number of unbranched alkanes of at least 4 members (excludes halogenated alkanes) is 3. The van der Waals surface area contributed by atoms with Gasteiger partial charge in [-0.3, -0.25) is 28.9 Å². The number of carboxylic acids is 1. The third kappa shape index (κ3) is 15.3. The highest BCUT2D eigenvalue weighted by Gasteiger charge is 2.39. The summed E-state index contributed by atoms with van der Waals surface area (Å²) in [7, 11) is 0. The Hall–Kier alpha value is -4.15. The van der Waals surface area contributed by atoms with E-state index in [9.17, 15) is 38.6 Å². The number of aromatic nitrogens is 1. The predicted octanol–water partition coefficient (Wildman–Crippen LogP) is 6.51. The van der Waals surface area contributed by atoms with Crippen molar-refractivity contribution in [2.75, 3.05) is 32.0 Å². The number of likely N-dealkylation sites (tertiary alicyclic amines) is 1. The number of nitrogen functional groups attached to an aromatic ring is 1. The van der Waals surface area contributed by atoms with Gasteiger partial charge in [0.2, 0.25) is 11.8 Å².